The van der Waals surface area contributed by atoms with Crippen molar-refractivity contribution in [1.29, 1.82) is 0 Å². The number of nitrogens with one attached hydrogen (secondary N) is 6. The maximum Gasteiger partial charge on any atom is 0.407 e. The molecule has 1 unspecified atom stereocenters. The van der Waals surface area contributed by atoms with E-state index >= 15 is 0 Å². The lowest BCUT2D eigenvalue weighted by Crippen LogP contribution is -2.52. The minimum Gasteiger partial charge on any atom is -0.503 e. The average Bonchev–Trinajstić information content (AvgIpc) is 1.47. The molecule has 0 saturated carbocycles. The van der Waals surface area contributed by atoms with Crippen LogP contribution in [0.3, 0.4) is 0 Å². The lowest BCUT2D eigenvalue weighted by atomic mass is 10.0. The van der Waals surface area contributed by atoms with E-state index in [2.05, 4.69) is 92.6 Å². The van der Waals surface area contributed by atoms with E-state index in [1.807, 2.05) is 83.1 Å². The molecule has 2 aromatic rings. The van der Waals surface area contributed by atoms with Gasteiger partial charge in [-0.3, -0.25) is 23.5 Å². The minimum atomic E-state index is -3.48. The van der Waals surface area contributed by atoms with E-state index in [0.29, 0.717) is 31.3 Å². The molecule has 5 amide bonds. The van der Waals surface area contributed by atoms with Crippen LogP contribution in [-0.2, 0) is 51.0 Å². The summed E-state index contributed by atoms with van der Waals surface area (Å²) in [6.45, 7) is 55.5. The fourth-order valence-corrected chi connectivity index (χ4v) is 9.04. The molecule has 0 radical (unpaired) electrons. The first-order valence-corrected chi connectivity index (χ1v) is 37.7. The van der Waals surface area contributed by atoms with E-state index < -0.39 is 73.8 Å². The highest BCUT2D eigenvalue weighted by atomic mass is 32.2. The third kappa shape index (κ3) is 56.1. The molecule has 0 spiro atoms. The summed E-state index contributed by atoms with van der Waals surface area (Å²) < 4.78 is 60.7. The summed E-state index contributed by atoms with van der Waals surface area (Å²) in [7, 11) is -2.48. The number of aromatic nitrogens is 1. The predicted octanol–water partition coefficient (Wildman–Crippen LogP) is 9.77. The zero-order valence-electron chi connectivity index (χ0n) is 68.9. The molecule has 4 rings (SSSR count). The van der Waals surface area contributed by atoms with E-state index in [4.69, 9.17) is 41.1 Å². The van der Waals surface area contributed by atoms with E-state index in [1.165, 1.54) is 18.3 Å². The number of amides is 5. The van der Waals surface area contributed by atoms with Gasteiger partial charge >= 0.3 is 24.4 Å². The number of benzene rings is 1. The number of alkyl carbamates (subject to hydrolysis) is 4. The first-order chi connectivity index (χ1) is 48.5. The average molecular weight is 1530 g/mol. The van der Waals surface area contributed by atoms with Crippen LogP contribution in [0.1, 0.15) is 213 Å². The quantitative estimate of drug-likeness (QED) is 0.00840. The summed E-state index contributed by atoms with van der Waals surface area (Å²) in [5.41, 5.74) is 16.7. The Kier molecular flexibility index (Phi) is 52.3. The van der Waals surface area contributed by atoms with Gasteiger partial charge in [0.15, 0.2) is 17.2 Å². The van der Waals surface area contributed by atoms with Crippen LogP contribution in [0.5, 0.6) is 5.75 Å². The number of hydrogen-bond acceptors (Lipinski definition) is 23. The largest absolute Gasteiger partial charge is 0.503 e. The highest BCUT2D eigenvalue weighted by Gasteiger charge is 2.46. The summed E-state index contributed by atoms with van der Waals surface area (Å²) >= 11 is 0. The lowest BCUT2D eigenvalue weighted by molar-refractivity contribution is -0.110. The molecule has 0 bridgehead atoms. The van der Waals surface area contributed by atoms with Crippen LogP contribution >= 0.6 is 0 Å². The SMILES string of the molecule is CC(C)C=O.CC(C)CN1C[C@@H](C)N2C(=O)c3c(O)c(=O)c(C(=O)CCc4ccc(F)cc4)cn3CC12.CC(C)CNC[C@@H](C)N.CC(C)CNC[C@@H](C)NC(=O)OC(C)(C)C.CO.C[C@H](CN)NC(=O)OC(C)(C)C.C[C@H](CN=[N+]=[N-])NC(=O)OC(C)(C)C.C[C@H](COS(C)(=O)=O)NC(=O)OC(C)(C)C. The number of carbonyl (C=O) groups is 7. The van der Waals surface area contributed by atoms with Crippen molar-refractivity contribution in [1.82, 2.24) is 46.3 Å². The van der Waals surface area contributed by atoms with Crippen LogP contribution in [0.25, 0.3) is 10.4 Å². The second kappa shape index (κ2) is 52.7. The van der Waals surface area contributed by atoms with Crippen molar-refractivity contribution in [2.45, 2.75) is 264 Å². The van der Waals surface area contributed by atoms with Crippen LogP contribution < -0.4 is 48.8 Å². The Balaban J connectivity index is -0.000000610. The molecule has 0 aliphatic carbocycles. The zero-order chi connectivity index (χ0) is 83.4. The van der Waals surface area contributed by atoms with Gasteiger partial charge in [-0.15, -0.1) is 0 Å². The Hall–Kier alpha value is -7.23. The molecular weight excluding hydrogens is 1400 g/mol. The first-order valence-electron chi connectivity index (χ1n) is 35.9. The van der Waals surface area contributed by atoms with Gasteiger partial charge in [0.2, 0.25) is 5.43 Å². The van der Waals surface area contributed by atoms with Crippen LogP contribution in [0, 0.1) is 29.5 Å². The van der Waals surface area contributed by atoms with E-state index in [-0.39, 0.29) is 90.9 Å². The Bertz CT molecular complexity index is 3100. The molecule has 33 heteroatoms. The van der Waals surface area contributed by atoms with Gasteiger partial charge in [-0.1, -0.05) is 72.6 Å². The number of ether oxygens (including phenoxy) is 4. The van der Waals surface area contributed by atoms with Crippen molar-refractivity contribution in [3.8, 4) is 5.75 Å². The third-order valence-corrected chi connectivity index (χ3v) is 13.4. The van der Waals surface area contributed by atoms with Crippen LogP contribution in [-0.4, -0.2) is 212 Å². The molecule has 12 N–H and O–H groups in total. The fourth-order valence-electron chi connectivity index (χ4n) is 8.59. The summed E-state index contributed by atoms with van der Waals surface area (Å²) in [6.07, 6.45) is 1.61. The Morgan fingerprint density at radius 2 is 1.09 bits per heavy atom. The number of halogens is 1. The number of rotatable bonds is 25. The van der Waals surface area contributed by atoms with Crippen molar-refractivity contribution in [3.05, 3.63) is 73.8 Å². The number of pyridine rings is 1. The number of nitrogens with zero attached hydrogens (tertiary/aromatic N) is 6. The number of aromatic hydroxyl groups is 1. The van der Waals surface area contributed by atoms with Crippen molar-refractivity contribution >= 4 is 52.5 Å². The maximum absolute atomic E-state index is 13.2. The smallest absolute Gasteiger partial charge is 0.407 e. The summed E-state index contributed by atoms with van der Waals surface area (Å²) in [5, 5.41) is 37.9. The van der Waals surface area contributed by atoms with Crippen molar-refractivity contribution in [2.75, 3.05) is 72.3 Å². The monoisotopic (exact) mass is 1530 g/mol. The number of aliphatic hydroxyl groups excluding tert-OH is 1. The number of carbonyl (C=O) groups excluding carboxylic acids is 7. The number of nitrogens with two attached hydrogens (primary N) is 2. The summed E-state index contributed by atoms with van der Waals surface area (Å²) in [6, 6.07) is 5.45. The van der Waals surface area contributed by atoms with E-state index in [1.54, 1.807) is 77.0 Å². The number of fused-ring (bicyclic) bond motifs is 2. The van der Waals surface area contributed by atoms with Gasteiger partial charge in [0.1, 0.15) is 40.7 Å². The molecule has 1 aromatic carbocycles. The standard InChI is InChI=1S/C24H28FN3O4.C12H26N2O2.C9H19NO5S.C8H16N4O2.C8H18N2O2.C7H18N2.C4H8O.CH4O/c1-14(2)10-26-11-15(3)28-20(26)13-27-12-18(22(30)23(31)21(27)24(28)32)19(29)9-6-16-4-7-17(25)8-5-16;1-9(2)7-13-8-10(3)14-11(15)16-12(4,5)6;1-7(6-14-16(5,12)13)10-8(11)15-9(2,3)4;1-6(5-10-12-9)11-7(13)14-8(2,3)4;1-6(5-9)10-7(11)12-8(2,3)4;1-6(2)4-9-5-7(3)8;1-4(2)3-5;1-2/h4-5,7-8,12,14-15,20,31H,6,9-11,13H2,1-3H3;9-10,13H,7-8H2,1-6H3,(H,14,15);7H,6H2,1-5H3,(H,10,11);6H,5H2,1-4H3,(H,11,13);6H,5,9H2,1-4H3,(H,10,11);6-7,9H,4-5,8H2,1-3H3;3-4H,1-2H3;2H,1H3/t15-,20?;10-;7-;2*6-;7-;;/m111111../s1. The number of Topliss-reactive ketones (excluding diaryl/α,β-unsaturated/α-hetero) is 1. The van der Waals surface area contributed by atoms with E-state index in [0.717, 1.165) is 70.4 Å². The number of ketones is 1. The Morgan fingerprint density at radius 3 is 1.47 bits per heavy atom. The normalized spacial score (nSPS) is 15.3. The van der Waals surface area contributed by atoms with Crippen molar-refractivity contribution in [3.63, 3.8) is 0 Å². The van der Waals surface area contributed by atoms with E-state index in [9.17, 15) is 56.3 Å². The van der Waals surface area contributed by atoms with Gasteiger partial charge in [-0.2, -0.15) is 8.42 Å². The molecule has 2 aliphatic rings. The summed E-state index contributed by atoms with van der Waals surface area (Å²) in [5.74, 6) is 0.135. The highest BCUT2D eigenvalue weighted by Crippen LogP contribution is 2.32. The topological polar surface area (TPSA) is 442 Å². The van der Waals surface area contributed by atoms with Gasteiger partial charge in [0.05, 0.1) is 31.0 Å². The van der Waals surface area contributed by atoms with Gasteiger partial charge in [0.25, 0.3) is 16.0 Å². The van der Waals surface area contributed by atoms with Crippen LogP contribution in [0.4, 0.5) is 23.6 Å². The zero-order valence-corrected chi connectivity index (χ0v) is 69.8. The summed E-state index contributed by atoms with van der Waals surface area (Å²) in [4.78, 5) is 99.7. The molecule has 2 aliphatic heterocycles. The minimum absolute atomic E-state index is 0.0356. The molecule has 106 heavy (non-hydrogen) atoms. The number of aldehydes is 1. The lowest BCUT2D eigenvalue weighted by Gasteiger charge is -2.38. The highest BCUT2D eigenvalue weighted by molar-refractivity contribution is 7.86. The van der Waals surface area contributed by atoms with Crippen molar-refractivity contribution in [2.24, 2.45) is 40.3 Å². The second-order valence-corrected chi connectivity index (χ2v) is 33.1. The van der Waals surface area contributed by atoms with Gasteiger partial charge in [0, 0.05) is 100 Å². The number of hydrogen-bond donors (Lipinski definition) is 10. The molecule has 31 nitrogen and oxygen atoms in total. The van der Waals surface area contributed by atoms with Crippen LogP contribution in [0.15, 0.2) is 40.4 Å². The number of azide groups is 1. The van der Waals surface area contributed by atoms with Crippen molar-refractivity contribution < 1.29 is 79.7 Å². The van der Waals surface area contributed by atoms with Gasteiger partial charge < -0.3 is 86.8 Å². The van der Waals surface area contributed by atoms with Crippen LogP contribution in [0.2, 0.25) is 0 Å². The molecule has 1 saturated heterocycles. The second-order valence-electron chi connectivity index (χ2n) is 31.4. The maximum atomic E-state index is 13.2. The van der Waals surface area contributed by atoms with Gasteiger partial charge in [-0.25, -0.2) is 23.6 Å². The third-order valence-electron chi connectivity index (χ3n) is 12.9. The molecule has 1 aromatic heterocycles. The number of aliphatic hydroxyl groups is 1. The van der Waals surface area contributed by atoms with Gasteiger partial charge in [-0.05, 0) is 185 Å². The molecule has 3 heterocycles. The Morgan fingerprint density at radius 1 is 0.679 bits per heavy atom. The molecular formula is C73H137FN14O17S. The molecule has 7 atom stereocenters. The molecule has 1 fully saturated rings. The Labute approximate surface area is 632 Å². The fraction of sp³-hybridized carbons (Fsp3) is 0.753. The number of aryl methyl sites for hydroxylation is 1. The first kappa shape index (κ1) is 105. The molecule has 614 valence electrons. The predicted molar refractivity (Wildman–Crippen MR) is 415 cm³/mol.